The Labute approximate surface area is 237 Å². The molecule has 0 spiro atoms. The van der Waals surface area contributed by atoms with Crippen molar-refractivity contribution in [2.24, 2.45) is 0 Å². The largest absolute Gasteiger partial charge is 0.480 e. The van der Waals surface area contributed by atoms with Crippen molar-refractivity contribution < 1.29 is 23.9 Å². The predicted molar refractivity (Wildman–Crippen MR) is 153 cm³/mol. The molecule has 1 aliphatic carbocycles. The Morgan fingerprint density at radius 1 is 1.21 bits per heavy atom. The van der Waals surface area contributed by atoms with Crippen LogP contribution in [0.15, 0.2) is 44.0 Å². The number of nitrogens with one attached hydrogen (secondary N) is 2. The lowest BCUT2D eigenvalue weighted by atomic mass is 9.96. The fourth-order valence-corrected chi connectivity index (χ4v) is 6.22. The first-order valence-corrected chi connectivity index (χ1v) is 13.8. The van der Waals surface area contributed by atoms with E-state index in [4.69, 9.17) is 16.0 Å². The molecule has 38 heavy (non-hydrogen) atoms. The van der Waals surface area contributed by atoms with E-state index in [1.54, 1.807) is 23.1 Å². The van der Waals surface area contributed by atoms with Crippen LogP contribution in [-0.2, 0) is 30.6 Å². The van der Waals surface area contributed by atoms with Gasteiger partial charge in [-0.3, -0.25) is 9.59 Å². The number of allylic oxidation sites excluding steroid dienone is 1. The second kappa shape index (κ2) is 10.8. The van der Waals surface area contributed by atoms with Crippen molar-refractivity contribution in [2.75, 3.05) is 6.54 Å². The molecule has 2 atom stereocenters. The Morgan fingerprint density at radius 2 is 2.00 bits per heavy atom. The number of hydrogen-bond acceptors (Lipinski definition) is 6. The SMILES string of the molecule is O=C(N[C@@H](Cc1ccc(S)o1)C(=O)O)c1c(Cl)cc2c(c1S)CCN(C(=O)c1cc3c([nH]1)CCC(P)=C3)C2. The van der Waals surface area contributed by atoms with Crippen LogP contribution in [0.5, 0.6) is 0 Å². The van der Waals surface area contributed by atoms with Gasteiger partial charge in [0.25, 0.3) is 11.8 Å². The van der Waals surface area contributed by atoms with Crippen LogP contribution in [0.1, 0.15) is 55.4 Å². The zero-order valence-corrected chi connectivity index (χ0v) is 23.8. The molecule has 0 saturated heterocycles. The van der Waals surface area contributed by atoms with Gasteiger partial charge in [-0.1, -0.05) is 16.9 Å². The minimum absolute atomic E-state index is 0.0560. The molecule has 3 heterocycles. The average Bonchev–Trinajstić information content (AvgIpc) is 3.48. The lowest BCUT2D eigenvalue weighted by Crippen LogP contribution is -2.42. The van der Waals surface area contributed by atoms with Gasteiger partial charge in [-0.15, -0.1) is 34.5 Å². The smallest absolute Gasteiger partial charge is 0.326 e. The summed E-state index contributed by atoms with van der Waals surface area (Å²) in [6, 6.07) is 5.51. The van der Waals surface area contributed by atoms with E-state index >= 15 is 0 Å². The van der Waals surface area contributed by atoms with Crippen molar-refractivity contribution in [3.63, 3.8) is 0 Å². The monoisotopic (exact) mass is 589 g/mol. The zero-order chi connectivity index (χ0) is 27.1. The fourth-order valence-electron chi connectivity index (χ4n) is 4.85. The average molecular weight is 590 g/mol. The lowest BCUT2D eigenvalue weighted by molar-refractivity contribution is -0.139. The maximum absolute atomic E-state index is 13.3. The van der Waals surface area contributed by atoms with E-state index in [2.05, 4.69) is 50.9 Å². The number of aromatic nitrogens is 1. The normalized spacial score (nSPS) is 15.4. The fraction of sp³-hybridized carbons (Fsp3) is 0.269. The number of hydrogen-bond donors (Lipinski definition) is 5. The number of halogens is 1. The summed E-state index contributed by atoms with van der Waals surface area (Å²) in [5.74, 6) is -1.59. The number of amides is 2. The maximum atomic E-state index is 13.3. The van der Waals surface area contributed by atoms with Gasteiger partial charge in [-0.25, -0.2) is 4.79 Å². The first-order chi connectivity index (χ1) is 18.1. The highest BCUT2D eigenvalue weighted by Gasteiger charge is 2.30. The molecule has 198 valence electrons. The van der Waals surface area contributed by atoms with Gasteiger partial charge < -0.3 is 24.7 Å². The molecule has 5 rings (SSSR count). The van der Waals surface area contributed by atoms with Gasteiger partial charge in [0.15, 0.2) is 5.09 Å². The topological polar surface area (TPSA) is 116 Å². The highest BCUT2D eigenvalue weighted by molar-refractivity contribution is 7.80. The summed E-state index contributed by atoms with van der Waals surface area (Å²) in [6.45, 7) is 0.763. The van der Waals surface area contributed by atoms with Crippen LogP contribution in [0.3, 0.4) is 0 Å². The Balaban J connectivity index is 1.34. The van der Waals surface area contributed by atoms with E-state index < -0.39 is 17.9 Å². The number of rotatable bonds is 6. The van der Waals surface area contributed by atoms with E-state index in [0.29, 0.717) is 41.0 Å². The molecule has 1 aliphatic heterocycles. The van der Waals surface area contributed by atoms with Crippen molar-refractivity contribution in [1.29, 1.82) is 0 Å². The Morgan fingerprint density at radius 3 is 2.71 bits per heavy atom. The molecule has 3 aromatic rings. The van der Waals surface area contributed by atoms with E-state index in [1.807, 2.05) is 6.07 Å². The summed E-state index contributed by atoms with van der Waals surface area (Å²) >= 11 is 15.2. The highest BCUT2D eigenvalue weighted by Crippen LogP contribution is 2.34. The van der Waals surface area contributed by atoms with Gasteiger partial charge in [-0.2, -0.15) is 0 Å². The predicted octanol–water partition coefficient (Wildman–Crippen LogP) is 4.62. The van der Waals surface area contributed by atoms with E-state index in [1.165, 1.54) is 5.31 Å². The summed E-state index contributed by atoms with van der Waals surface area (Å²) in [6.07, 6.45) is 4.30. The molecule has 12 heteroatoms. The molecule has 8 nitrogen and oxygen atoms in total. The third-order valence-electron chi connectivity index (χ3n) is 6.78. The van der Waals surface area contributed by atoms with Crippen LogP contribution in [0, 0.1) is 0 Å². The van der Waals surface area contributed by atoms with Gasteiger partial charge in [-0.05, 0) is 66.3 Å². The Bertz CT molecular complexity index is 1500. The summed E-state index contributed by atoms with van der Waals surface area (Å²) in [5, 5.41) is 13.9. The molecule has 0 radical (unpaired) electrons. The number of aryl methyl sites for hydroxylation is 1. The molecule has 2 aromatic heterocycles. The molecule has 2 amide bonds. The van der Waals surface area contributed by atoms with Crippen LogP contribution in [-0.4, -0.2) is 45.4 Å². The number of carbonyl (C=O) groups is 3. The second-order valence-corrected chi connectivity index (χ2v) is 11.4. The molecule has 2 aliphatic rings. The minimum Gasteiger partial charge on any atom is -0.480 e. The molecule has 0 saturated carbocycles. The number of carboxylic acid groups (broad SMARTS) is 1. The van der Waals surface area contributed by atoms with E-state index in [0.717, 1.165) is 35.2 Å². The minimum atomic E-state index is -1.24. The third kappa shape index (κ3) is 5.41. The van der Waals surface area contributed by atoms with Gasteiger partial charge in [0.1, 0.15) is 17.5 Å². The third-order valence-corrected chi connectivity index (χ3v) is 8.27. The Kier molecular flexibility index (Phi) is 7.69. The van der Waals surface area contributed by atoms with Gasteiger partial charge in [0.2, 0.25) is 0 Å². The summed E-state index contributed by atoms with van der Waals surface area (Å²) in [5.41, 5.74) is 4.36. The van der Waals surface area contributed by atoms with Crippen LogP contribution >= 0.6 is 46.1 Å². The molecular formula is C26H25ClN3O5PS2. The summed E-state index contributed by atoms with van der Waals surface area (Å²) in [4.78, 5) is 43.6. The number of carboxylic acids is 1. The number of thiol groups is 2. The van der Waals surface area contributed by atoms with Gasteiger partial charge in [0.05, 0.1) is 10.6 Å². The Hall–Kier alpha value is -2.65. The summed E-state index contributed by atoms with van der Waals surface area (Å²) in [7, 11) is 2.73. The van der Waals surface area contributed by atoms with Crippen molar-refractivity contribution in [2.45, 2.75) is 48.3 Å². The number of aliphatic carboxylic acids is 1. The summed E-state index contributed by atoms with van der Waals surface area (Å²) < 4.78 is 5.33. The van der Waals surface area contributed by atoms with Crippen LogP contribution in [0.4, 0.5) is 0 Å². The molecule has 1 aromatic carbocycles. The van der Waals surface area contributed by atoms with Crippen LogP contribution in [0.2, 0.25) is 5.02 Å². The molecular weight excluding hydrogens is 565 g/mol. The molecule has 1 unspecified atom stereocenters. The zero-order valence-electron chi connectivity index (χ0n) is 20.1. The molecule has 0 bridgehead atoms. The number of carbonyl (C=O) groups excluding carboxylic acids is 2. The first-order valence-electron chi connectivity index (χ1n) is 11.9. The van der Waals surface area contributed by atoms with Crippen molar-refractivity contribution >= 4 is 70.0 Å². The number of H-pyrrole nitrogens is 1. The number of furan rings is 1. The molecule has 3 N–H and O–H groups in total. The van der Waals surface area contributed by atoms with Gasteiger partial charge in [0, 0.05) is 30.1 Å². The van der Waals surface area contributed by atoms with Crippen molar-refractivity contribution in [1.82, 2.24) is 15.2 Å². The van der Waals surface area contributed by atoms with Crippen molar-refractivity contribution in [3.05, 3.63) is 74.0 Å². The van der Waals surface area contributed by atoms with E-state index in [9.17, 15) is 19.5 Å². The number of aromatic amines is 1. The number of benzene rings is 1. The second-order valence-electron chi connectivity index (χ2n) is 9.34. The maximum Gasteiger partial charge on any atom is 0.326 e. The van der Waals surface area contributed by atoms with Gasteiger partial charge >= 0.3 is 5.97 Å². The molecule has 0 fully saturated rings. The van der Waals surface area contributed by atoms with Crippen LogP contribution in [0.25, 0.3) is 6.08 Å². The highest BCUT2D eigenvalue weighted by atomic mass is 35.5. The first kappa shape index (κ1) is 26.9. The number of fused-ring (bicyclic) bond motifs is 2. The number of nitrogens with zero attached hydrogens (tertiary/aromatic N) is 1. The van der Waals surface area contributed by atoms with E-state index in [-0.39, 0.29) is 22.9 Å². The lowest BCUT2D eigenvalue weighted by Gasteiger charge is -2.30. The quantitative estimate of drug-likeness (QED) is 0.212. The standard InChI is InChI=1S/C26H25ClN3O5PS2/c27-17-8-13-11-30(25(32)19-9-12-7-15(36)2-3-18(12)28-19)6-5-16(13)23(38)22(17)24(31)29-20(26(33)34)10-14-1-4-21(37)35-14/h1,4,7-9,20,28,37-38H,2-3,5-6,10-11,36H2,(H,29,31)(H,33,34)/t20-/m0/s1. The van der Waals surface area contributed by atoms with Crippen LogP contribution < -0.4 is 5.32 Å². The van der Waals surface area contributed by atoms with Crippen molar-refractivity contribution in [3.8, 4) is 0 Å².